The second kappa shape index (κ2) is 14.9. The average molecular weight is 636 g/mol. The smallest absolute Gasteiger partial charge is 0.339 e. The fourth-order valence-electron chi connectivity index (χ4n) is 5.46. The van der Waals surface area contributed by atoms with Crippen molar-refractivity contribution in [1.29, 1.82) is 0 Å². The molecule has 0 saturated carbocycles. The lowest BCUT2D eigenvalue weighted by Gasteiger charge is -2.21. The van der Waals surface area contributed by atoms with Crippen LogP contribution in [0.25, 0.3) is 22.2 Å². The number of nitrogens with zero attached hydrogens (tertiary/aromatic N) is 5. The number of hydrogen-bond donors (Lipinski definition) is 3. The summed E-state index contributed by atoms with van der Waals surface area (Å²) in [7, 11) is 1.70. The van der Waals surface area contributed by atoms with Crippen molar-refractivity contribution in [1.82, 2.24) is 29.2 Å². The first-order chi connectivity index (χ1) is 22.2. The van der Waals surface area contributed by atoms with E-state index in [0.717, 1.165) is 23.1 Å². The van der Waals surface area contributed by atoms with Gasteiger partial charge in [0.05, 0.1) is 56.8 Å². The Morgan fingerprint density at radius 1 is 1.04 bits per heavy atom. The maximum atomic E-state index is 13.1. The van der Waals surface area contributed by atoms with Crippen molar-refractivity contribution in [2.45, 2.75) is 38.3 Å². The molecule has 244 valence electrons. The second-order valence-corrected chi connectivity index (χ2v) is 10.9. The molecule has 46 heavy (non-hydrogen) atoms. The molecule has 1 aliphatic rings. The van der Waals surface area contributed by atoms with Gasteiger partial charge in [0.1, 0.15) is 17.4 Å². The standard InChI is InChI=1S/C31H37N7O8/c1-36-27-20(4-2-6-24(27)38(31(36)43)25-7-8-26(39)35-29(25)40)5-3-10-44-12-14-46-15-13-45-11-9-37-19-22(18-34-37)21-16-23(30(41)42)28(32)33-17-21/h2,4,6,16-19,25H,3,5,7-15H2,1H3,(H2,32,33)(H,41,42)(H,35,39,40). The normalized spacial score (nSPS) is 15.0. The maximum Gasteiger partial charge on any atom is 0.339 e. The third-order valence-electron chi connectivity index (χ3n) is 7.77. The van der Waals surface area contributed by atoms with E-state index in [1.807, 2.05) is 18.2 Å². The predicted octanol–water partition coefficient (Wildman–Crippen LogP) is 1.54. The predicted molar refractivity (Wildman–Crippen MR) is 166 cm³/mol. The number of aromatic nitrogens is 5. The molecule has 1 aromatic carbocycles. The zero-order valence-corrected chi connectivity index (χ0v) is 25.5. The Kier molecular flexibility index (Phi) is 10.6. The van der Waals surface area contributed by atoms with Crippen molar-refractivity contribution in [3.63, 3.8) is 0 Å². The van der Waals surface area contributed by atoms with Crippen LogP contribution in [0, 0.1) is 0 Å². The van der Waals surface area contributed by atoms with E-state index in [1.165, 1.54) is 16.8 Å². The number of para-hydroxylation sites is 1. The highest BCUT2D eigenvalue weighted by Gasteiger charge is 2.31. The number of piperidine rings is 1. The summed E-state index contributed by atoms with van der Waals surface area (Å²) in [6, 6.07) is 6.44. The number of nitrogens with one attached hydrogen (secondary N) is 1. The molecule has 0 aliphatic carbocycles. The van der Waals surface area contributed by atoms with Crippen LogP contribution in [0.15, 0.2) is 47.7 Å². The number of anilines is 1. The lowest BCUT2D eigenvalue weighted by Crippen LogP contribution is -2.44. The molecule has 4 heterocycles. The fraction of sp³-hybridized carbons (Fsp3) is 0.419. The largest absolute Gasteiger partial charge is 0.478 e. The van der Waals surface area contributed by atoms with Crippen LogP contribution in [0.1, 0.15) is 41.2 Å². The first-order valence-electron chi connectivity index (χ1n) is 15.0. The van der Waals surface area contributed by atoms with E-state index < -0.39 is 17.9 Å². The third kappa shape index (κ3) is 7.50. The van der Waals surface area contributed by atoms with Crippen LogP contribution in [0.2, 0.25) is 0 Å². The molecule has 1 atom stereocenters. The number of hydrogen-bond acceptors (Lipinski definition) is 10. The van der Waals surface area contributed by atoms with E-state index in [1.54, 1.807) is 28.7 Å². The summed E-state index contributed by atoms with van der Waals surface area (Å²) in [6.07, 6.45) is 6.86. The van der Waals surface area contributed by atoms with Gasteiger partial charge in [0.25, 0.3) is 0 Å². The Labute approximate surface area is 263 Å². The number of amides is 2. The van der Waals surface area contributed by atoms with E-state index in [-0.39, 0.29) is 29.4 Å². The Hall–Kier alpha value is -4.86. The highest BCUT2D eigenvalue weighted by molar-refractivity contribution is 6.00. The molecule has 15 heteroatoms. The molecule has 0 spiro atoms. The molecule has 4 N–H and O–H groups in total. The number of rotatable bonds is 16. The molecule has 1 aliphatic heterocycles. The molecule has 3 aromatic heterocycles. The van der Waals surface area contributed by atoms with Crippen molar-refractivity contribution in [3.05, 3.63) is 64.5 Å². The molecule has 0 radical (unpaired) electrons. The minimum atomic E-state index is -1.14. The summed E-state index contributed by atoms with van der Waals surface area (Å²) in [4.78, 5) is 52.3. The van der Waals surface area contributed by atoms with Crippen LogP contribution < -0.4 is 16.7 Å². The number of ether oxygens (including phenoxy) is 3. The first kappa shape index (κ1) is 32.5. The van der Waals surface area contributed by atoms with Crippen molar-refractivity contribution >= 4 is 34.6 Å². The molecular formula is C31H37N7O8. The van der Waals surface area contributed by atoms with Crippen LogP contribution in [0.5, 0.6) is 0 Å². The number of aromatic carboxylic acids is 1. The minimum Gasteiger partial charge on any atom is -0.478 e. The summed E-state index contributed by atoms with van der Waals surface area (Å²) in [5.41, 5.74) is 9.07. The van der Waals surface area contributed by atoms with E-state index in [9.17, 15) is 24.3 Å². The Morgan fingerprint density at radius 3 is 2.52 bits per heavy atom. The zero-order valence-electron chi connectivity index (χ0n) is 25.5. The molecule has 4 aromatic rings. The van der Waals surface area contributed by atoms with Gasteiger partial charge < -0.3 is 25.1 Å². The van der Waals surface area contributed by atoms with Crippen molar-refractivity contribution < 1.29 is 33.7 Å². The number of pyridine rings is 1. The maximum absolute atomic E-state index is 13.1. The number of carboxylic acid groups (broad SMARTS) is 1. The van der Waals surface area contributed by atoms with Gasteiger partial charge in [-0.3, -0.25) is 28.7 Å². The lowest BCUT2D eigenvalue weighted by molar-refractivity contribution is -0.135. The van der Waals surface area contributed by atoms with Gasteiger partial charge in [-0.15, -0.1) is 0 Å². The molecule has 0 bridgehead atoms. The van der Waals surface area contributed by atoms with Gasteiger partial charge in [-0.05, 0) is 37.0 Å². The number of fused-ring (bicyclic) bond motifs is 1. The Morgan fingerprint density at radius 2 is 1.78 bits per heavy atom. The average Bonchev–Trinajstić information content (AvgIpc) is 3.60. The van der Waals surface area contributed by atoms with Gasteiger partial charge in [0.2, 0.25) is 11.8 Å². The van der Waals surface area contributed by atoms with E-state index in [4.69, 9.17) is 19.9 Å². The molecule has 1 saturated heterocycles. The van der Waals surface area contributed by atoms with Gasteiger partial charge in [-0.25, -0.2) is 14.6 Å². The Balaban J connectivity index is 0.964. The van der Waals surface area contributed by atoms with E-state index in [0.29, 0.717) is 70.1 Å². The van der Waals surface area contributed by atoms with E-state index >= 15 is 0 Å². The number of carbonyl (C=O) groups excluding carboxylic acids is 2. The van der Waals surface area contributed by atoms with Crippen molar-refractivity contribution in [2.24, 2.45) is 7.05 Å². The number of carbonyl (C=O) groups is 3. The van der Waals surface area contributed by atoms with Crippen LogP contribution >= 0.6 is 0 Å². The number of imidazole rings is 1. The molecule has 1 unspecified atom stereocenters. The van der Waals surface area contributed by atoms with Gasteiger partial charge in [0.15, 0.2) is 0 Å². The van der Waals surface area contributed by atoms with Crippen LogP contribution in [0.4, 0.5) is 5.82 Å². The third-order valence-corrected chi connectivity index (χ3v) is 7.77. The second-order valence-electron chi connectivity index (χ2n) is 10.9. The fourth-order valence-corrected chi connectivity index (χ4v) is 5.46. The van der Waals surface area contributed by atoms with Gasteiger partial charge in [-0.2, -0.15) is 5.10 Å². The number of aryl methyl sites for hydroxylation is 2. The topological polar surface area (TPSA) is 195 Å². The number of benzene rings is 1. The summed E-state index contributed by atoms with van der Waals surface area (Å²) >= 11 is 0. The quantitative estimate of drug-likeness (QED) is 0.119. The van der Waals surface area contributed by atoms with Crippen LogP contribution in [-0.4, -0.2) is 86.4 Å². The SMILES string of the molecule is Cn1c(=O)n(C2CCC(=O)NC2=O)c2cccc(CCCOCCOCCOCCn3cc(-c4cnc(N)c(C(=O)O)c4)cn3)c21. The molecular weight excluding hydrogens is 598 g/mol. The summed E-state index contributed by atoms with van der Waals surface area (Å²) in [5.74, 6) is -1.94. The molecule has 15 nitrogen and oxygen atoms in total. The minimum absolute atomic E-state index is 0.0349. The van der Waals surface area contributed by atoms with Crippen LogP contribution in [0.3, 0.4) is 0 Å². The highest BCUT2D eigenvalue weighted by Crippen LogP contribution is 2.26. The number of nitrogen functional groups attached to an aromatic ring is 1. The number of carboxylic acids is 1. The summed E-state index contributed by atoms with van der Waals surface area (Å²) in [6.45, 7) is 3.17. The molecule has 1 fully saturated rings. The van der Waals surface area contributed by atoms with Crippen molar-refractivity contribution in [2.75, 3.05) is 45.4 Å². The molecule has 5 rings (SSSR count). The summed E-state index contributed by atoms with van der Waals surface area (Å²) < 4.78 is 21.7. The van der Waals surface area contributed by atoms with Gasteiger partial charge >= 0.3 is 11.7 Å². The van der Waals surface area contributed by atoms with Crippen LogP contribution in [-0.2, 0) is 43.8 Å². The molecule has 2 amide bonds. The monoisotopic (exact) mass is 635 g/mol. The van der Waals surface area contributed by atoms with Gasteiger partial charge in [0, 0.05) is 43.6 Å². The summed E-state index contributed by atoms with van der Waals surface area (Å²) in [5, 5.41) is 15.9. The van der Waals surface area contributed by atoms with Crippen molar-refractivity contribution in [3.8, 4) is 11.1 Å². The number of nitrogens with two attached hydrogens (primary N) is 1. The lowest BCUT2D eigenvalue weighted by atomic mass is 10.0. The first-order valence-corrected chi connectivity index (χ1v) is 15.0. The highest BCUT2D eigenvalue weighted by atomic mass is 16.5. The zero-order chi connectivity index (χ0) is 32.6. The van der Waals surface area contributed by atoms with Gasteiger partial charge in [-0.1, -0.05) is 12.1 Å². The Bertz CT molecular complexity index is 1780. The number of imide groups is 1. The van der Waals surface area contributed by atoms with E-state index in [2.05, 4.69) is 15.4 Å².